The molecule has 0 saturated heterocycles. The molecule has 154 valence electrons. The number of ketones is 1. The van der Waals surface area contributed by atoms with Gasteiger partial charge in [-0.1, -0.05) is 29.8 Å². The second kappa shape index (κ2) is 9.70. The lowest BCUT2D eigenvalue weighted by Crippen LogP contribution is -2.17. The zero-order valence-corrected chi connectivity index (χ0v) is 22.5. The molecule has 0 N–H and O–H groups in total. The van der Waals surface area contributed by atoms with Crippen LogP contribution in [0.1, 0.15) is 5.56 Å². The van der Waals surface area contributed by atoms with Gasteiger partial charge < -0.3 is 0 Å². The molecule has 30 heavy (non-hydrogen) atoms. The lowest BCUT2D eigenvalue weighted by molar-refractivity contribution is -0.110. The number of allylic oxidation sites excluding steroid dienone is 4. The average Bonchev–Trinajstić information content (AvgIpc) is 2.74. The second-order valence-corrected chi connectivity index (χ2v) is 11.0. The minimum atomic E-state index is -4.05. The van der Waals surface area contributed by atoms with Gasteiger partial charge in [-0.2, -0.15) is 8.42 Å². The Labute approximate surface area is 211 Å². The molecule has 0 fully saturated rings. The van der Waals surface area contributed by atoms with Gasteiger partial charge >= 0.3 is 0 Å². The standard InChI is InChI=1S/C19H9Br4ClN2O3S/c20-13-15(22)18(27)16(23)14(21)17(13)25-19(10-6-8-11(24)9-7-10)26-30(28,29)12-4-2-1-3-5-12/h1-9H/b26-19+. The molecule has 0 amide bonds. The van der Waals surface area contributed by atoms with Crippen molar-refractivity contribution >= 4 is 103 Å². The summed E-state index contributed by atoms with van der Waals surface area (Å²) < 4.78 is 30.9. The van der Waals surface area contributed by atoms with Crippen LogP contribution in [0.4, 0.5) is 0 Å². The van der Waals surface area contributed by atoms with Crippen molar-refractivity contribution in [2.24, 2.45) is 9.39 Å². The van der Waals surface area contributed by atoms with Gasteiger partial charge in [0.2, 0.25) is 5.78 Å². The largest absolute Gasteiger partial charge is 0.287 e. The number of hydrogen-bond donors (Lipinski definition) is 0. The first-order chi connectivity index (χ1) is 14.1. The summed E-state index contributed by atoms with van der Waals surface area (Å²) in [6.07, 6.45) is 0. The smallest absolute Gasteiger partial charge is 0.284 e. The van der Waals surface area contributed by atoms with Gasteiger partial charge in [0, 0.05) is 10.6 Å². The molecule has 5 nitrogen and oxygen atoms in total. The lowest BCUT2D eigenvalue weighted by atomic mass is 10.1. The van der Waals surface area contributed by atoms with Gasteiger partial charge in [-0.05, 0) is 100 Å². The zero-order chi connectivity index (χ0) is 22.1. The summed E-state index contributed by atoms with van der Waals surface area (Å²) in [5.41, 5.74) is 0.710. The number of amidine groups is 1. The molecule has 0 aliphatic heterocycles. The number of carbonyl (C=O) groups excluding carboxylic acids is 1. The lowest BCUT2D eigenvalue weighted by Gasteiger charge is -2.15. The zero-order valence-electron chi connectivity index (χ0n) is 14.6. The van der Waals surface area contributed by atoms with Crippen LogP contribution in [0.5, 0.6) is 0 Å². The van der Waals surface area contributed by atoms with Gasteiger partial charge in [0.25, 0.3) is 10.0 Å². The third-order valence-corrected chi connectivity index (χ3v) is 9.42. The maximum atomic E-state index is 12.9. The Hall–Kier alpha value is -0.910. The van der Waals surface area contributed by atoms with Crippen molar-refractivity contribution in [3.05, 3.63) is 83.1 Å². The molecule has 11 heteroatoms. The van der Waals surface area contributed by atoms with Crippen molar-refractivity contribution in [3.63, 3.8) is 0 Å². The number of halogens is 5. The molecule has 0 atom stereocenters. The molecule has 0 radical (unpaired) electrons. The summed E-state index contributed by atoms with van der Waals surface area (Å²) in [7, 11) is -4.05. The topological polar surface area (TPSA) is 75.9 Å². The first-order valence-corrected chi connectivity index (χ1v) is 13.0. The van der Waals surface area contributed by atoms with E-state index in [0.717, 1.165) is 0 Å². The van der Waals surface area contributed by atoms with E-state index in [2.05, 4.69) is 73.1 Å². The fourth-order valence-corrected chi connectivity index (χ4v) is 5.64. The Balaban J connectivity index is 2.25. The summed E-state index contributed by atoms with van der Waals surface area (Å²) >= 11 is 19.1. The predicted octanol–water partition coefficient (Wildman–Crippen LogP) is 6.50. The average molecular weight is 700 g/mol. The van der Waals surface area contributed by atoms with Gasteiger partial charge in [-0.3, -0.25) is 4.79 Å². The van der Waals surface area contributed by atoms with E-state index in [4.69, 9.17) is 11.6 Å². The Morgan fingerprint density at radius 2 is 1.33 bits per heavy atom. The Bertz CT molecular complexity index is 1220. The highest BCUT2D eigenvalue weighted by atomic mass is 79.9. The van der Waals surface area contributed by atoms with Crippen molar-refractivity contribution in [2.45, 2.75) is 4.90 Å². The number of sulfonamides is 1. The Morgan fingerprint density at radius 1 is 0.800 bits per heavy atom. The monoisotopic (exact) mass is 696 g/mol. The Morgan fingerprint density at radius 3 is 1.87 bits per heavy atom. The third kappa shape index (κ3) is 5.11. The van der Waals surface area contributed by atoms with Crippen LogP contribution in [0, 0.1) is 0 Å². The molecule has 1 aliphatic rings. The number of Topliss-reactive ketones (excluding diaryl/α,β-unsaturated/α-hetero) is 1. The summed E-state index contributed by atoms with van der Waals surface area (Å²) in [6.45, 7) is 0. The molecule has 2 aromatic rings. The molecular formula is C19H9Br4ClN2O3S. The number of carbonyl (C=O) groups is 1. The molecule has 2 aromatic carbocycles. The third-order valence-electron chi connectivity index (χ3n) is 3.77. The van der Waals surface area contributed by atoms with E-state index in [-0.39, 0.29) is 31.2 Å². The van der Waals surface area contributed by atoms with E-state index >= 15 is 0 Å². The van der Waals surface area contributed by atoms with Crippen LogP contribution in [0.3, 0.4) is 0 Å². The Kier molecular flexibility index (Phi) is 7.68. The highest BCUT2D eigenvalue weighted by Gasteiger charge is 2.29. The minimum absolute atomic E-state index is 0.0297. The normalized spacial score (nSPS) is 15.7. The first kappa shape index (κ1) is 23.7. The van der Waals surface area contributed by atoms with E-state index < -0.39 is 10.0 Å². The maximum absolute atomic E-state index is 12.9. The molecular weight excluding hydrogens is 691 g/mol. The highest BCUT2D eigenvalue weighted by Crippen LogP contribution is 2.37. The van der Waals surface area contributed by atoms with E-state index in [1.165, 1.54) is 12.1 Å². The van der Waals surface area contributed by atoms with Gasteiger partial charge in [0.1, 0.15) is 0 Å². The number of aliphatic imine (C=N–C) groups is 1. The fourth-order valence-electron chi connectivity index (χ4n) is 2.30. The van der Waals surface area contributed by atoms with Crippen molar-refractivity contribution in [1.82, 2.24) is 0 Å². The summed E-state index contributed by atoms with van der Waals surface area (Å²) in [5.74, 6) is -0.371. The van der Waals surface area contributed by atoms with E-state index in [0.29, 0.717) is 19.6 Å². The van der Waals surface area contributed by atoms with Crippen molar-refractivity contribution in [2.75, 3.05) is 0 Å². The molecule has 0 heterocycles. The quantitative estimate of drug-likeness (QED) is 0.209. The van der Waals surface area contributed by atoms with Crippen LogP contribution in [-0.4, -0.2) is 25.7 Å². The van der Waals surface area contributed by atoms with Crippen LogP contribution in [-0.2, 0) is 14.8 Å². The molecule has 0 saturated carbocycles. The number of nitrogens with zero attached hydrogens (tertiary/aromatic N) is 2. The van der Waals surface area contributed by atoms with Gasteiger partial charge in [-0.15, -0.1) is 4.40 Å². The molecule has 0 bridgehead atoms. The van der Waals surface area contributed by atoms with Crippen LogP contribution in [0.2, 0.25) is 5.02 Å². The summed E-state index contributed by atoms with van der Waals surface area (Å²) in [4.78, 5) is 16.7. The van der Waals surface area contributed by atoms with E-state index in [1.54, 1.807) is 42.5 Å². The number of hydrogen-bond acceptors (Lipinski definition) is 3. The van der Waals surface area contributed by atoms with Crippen molar-refractivity contribution < 1.29 is 13.2 Å². The SMILES string of the molecule is O=C1C(Br)=C(Br)C(=N/C(=N/S(=O)(=O)c2ccccc2)c2ccc(Cl)cc2)C(Br)=C1Br. The second-order valence-electron chi connectivity index (χ2n) is 5.76. The number of rotatable bonds is 3. The van der Waals surface area contributed by atoms with Crippen LogP contribution in [0.25, 0.3) is 0 Å². The molecule has 0 aromatic heterocycles. The first-order valence-electron chi connectivity index (χ1n) is 8.02. The van der Waals surface area contributed by atoms with E-state index in [1.807, 2.05) is 0 Å². The molecule has 0 spiro atoms. The summed E-state index contributed by atoms with van der Waals surface area (Å²) in [5, 5.41) is 0.479. The van der Waals surface area contributed by atoms with Gasteiger partial charge in [0.15, 0.2) is 5.84 Å². The number of benzene rings is 2. The van der Waals surface area contributed by atoms with E-state index in [9.17, 15) is 13.2 Å². The van der Waals surface area contributed by atoms with Gasteiger partial charge in [-0.25, -0.2) is 4.99 Å². The van der Waals surface area contributed by atoms with Crippen molar-refractivity contribution in [1.29, 1.82) is 0 Å². The van der Waals surface area contributed by atoms with Crippen molar-refractivity contribution in [3.8, 4) is 0 Å². The van der Waals surface area contributed by atoms with Crippen LogP contribution in [0.15, 0.2) is 86.8 Å². The molecule has 3 rings (SSSR count). The maximum Gasteiger partial charge on any atom is 0.284 e. The van der Waals surface area contributed by atoms with Gasteiger partial charge in [0.05, 0.1) is 28.5 Å². The predicted molar refractivity (Wildman–Crippen MR) is 134 cm³/mol. The fraction of sp³-hybridized carbons (Fsp3) is 0. The molecule has 1 aliphatic carbocycles. The van der Waals surface area contributed by atoms with Crippen LogP contribution >= 0.6 is 75.3 Å². The summed E-state index contributed by atoms with van der Waals surface area (Å²) in [6, 6.07) is 14.2. The minimum Gasteiger partial charge on any atom is -0.287 e. The highest BCUT2D eigenvalue weighted by molar-refractivity contribution is 9.16. The van der Waals surface area contributed by atoms with Crippen LogP contribution < -0.4 is 0 Å². The molecule has 0 unspecified atom stereocenters.